The molecule has 19 heavy (non-hydrogen) atoms. The lowest BCUT2D eigenvalue weighted by atomic mass is 10.2. The van der Waals surface area contributed by atoms with Gasteiger partial charge in [-0.15, -0.1) is 0 Å². The van der Waals surface area contributed by atoms with Crippen LogP contribution in [0.3, 0.4) is 0 Å². The molecule has 1 aromatic carbocycles. The zero-order valence-corrected chi connectivity index (χ0v) is 12.6. The number of benzene rings is 1. The minimum absolute atomic E-state index is 0.374. The summed E-state index contributed by atoms with van der Waals surface area (Å²) in [7, 11) is 0. The minimum Gasteiger partial charge on any atom is -0.272 e. The molecule has 0 fully saturated rings. The maximum Gasteiger partial charge on any atom is 0.338 e. The van der Waals surface area contributed by atoms with Gasteiger partial charge in [0.2, 0.25) is 0 Å². The zero-order valence-electron chi connectivity index (χ0n) is 9.59. The Hall–Kier alpha value is -1.53. The van der Waals surface area contributed by atoms with Gasteiger partial charge in [-0.25, -0.2) is 8.77 Å². The van der Waals surface area contributed by atoms with Gasteiger partial charge in [-0.2, -0.15) is 5.26 Å². The second kappa shape index (κ2) is 6.08. The predicted octanol–water partition coefficient (Wildman–Crippen LogP) is 1.71. The molecule has 0 bridgehead atoms. The van der Waals surface area contributed by atoms with Crippen LogP contribution in [0.15, 0.2) is 40.1 Å². The number of hydrogen-bond donors (Lipinski definition) is 1. The van der Waals surface area contributed by atoms with Gasteiger partial charge in [0.25, 0.3) is 5.56 Å². The van der Waals surface area contributed by atoms with E-state index in [-0.39, 0.29) is 5.56 Å². The molecule has 0 aliphatic rings. The molecule has 96 valence electrons. The molecule has 1 aromatic heterocycles. The smallest absolute Gasteiger partial charge is 0.272 e. The molecular weight excluding hydrogens is 377 g/mol. The van der Waals surface area contributed by atoms with Crippen LogP contribution in [0.5, 0.6) is 0 Å². The zero-order chi connectivity index (χ0) is 13.8. The summed E-state index contributed by atoms with van der Waals surface area (Å²) >= 11 is 3.16. The molecule has 0 saturated carbocycles. The first-order chi connectivity index (χ1) is 9.10. The summed E-state index contributed by atoms with van der Waals surface area (Å²) in [4.78, 5) is 25.0. The van der Waals surface area contributed by atoms with Gasteiger partial charge in [0.1, 0.15) is 0 Å². The van der Waals surface area contributed by atoms with E-state index in [1.165, 1.54) is 22.1 Å². The van der Waals surface area contributed by atoms with E-state index < -0.39 is 5.69 Å². The number of rotatable bonds is 3. The Kier molecular flexibility index (Phi) is 4.44. The summed E-state index contributed by atoms with van der Waals surface area (Å²) in [5, 5.41) is 8.69. The van der Waals surface area contributed by atoms with Crippen LogP contribution < -0.4 is 11.2 Å². The minimum atomic E-state index is -0.441. The van der Waals surface area contributed by atoms with Crippen molar-refractivity contribution in [3.05, 3.63) is 66.0 Å². The summed E-state index contributed by atoms with van der Waals surface area (Å²) in [5.74, 6) is 0.577. The van der Waals surface area contributed by atoms with E-state index in [1.807, 2.05) is 40.8 Å². The van der Waals surface area contributed by atoms with Crippen molar-refractivity contribution in [2.45, 2.75) is 5.75 Å². The first-order valence-electron chi connectivity index (χ1n) is 5.24. The quantitative estimate of drug-likeness (QED) is 0.817. The van der Waals surface area contributed by atoms with E-state index in [1.54, 1.807) is 12.1 Å². The van der Waals surface area contributed by atoms with Gasteiger partial charge in [-0.3, -0.25) is 9.78 Å². The lowest BCUT2D eigenvalue weighted by molar-refractivity contribution is 0.973. The normalized spacial score (nSPS) is 10.1. The molecule has 0 spiro atoms. The molecule has 0 aliphatic carbocycles. The van der Waals surface area contributed by atoms with E-state index >= 15 is 0 Å². The van der Waals surface area contributed by atoms with Crippen molar-refractivity contribution in [1.82, 2.24) is 8.96 Å². The van der Waals surface area contributed by atoms with E-state index in [4.69, 9.17) is 5.26 Å². The van der Waals surface area contributed by atoms with Crippen molar-refractivity contribution < 1.29 is 0 Å². The number of nitrogens with one attached hydrogen (secondary N) is 1. The van der Waals surface area contributed by atoms with Crippen molar-refractivity contribution in [2.75, 3.05) is 0 Å². The van der Waals surface area contributed by atoms with Crippen LogP contribution in [-0.2, 0) is 5.75 Å². The summed E-state index contributed by atoms with van der Waals surface area (Å²) in [6.45, 7) is 0. The van der Waals surface area contributed by atoms with E-state index in [0.717, 1.165) is 5.56 Å². The fraction of sp³-hybridized carbons (Fsp3) is 0.0833. The Balaban J connectivity index is 2.14. The highest BCUT2D eigenvalue weighted by Crippen LogP contribution is 2.13. The Bertz CT molecular complexity index is 743. The number of halogens is 1. The van der Waals surface area contributed by atoms with Crippen molar-refractivity contribution in [3.8, 4) is 6.07 Å². The van der Waals surface area contributed by atoms with E-state index in [2.05, 4.69) is 4.98 Å². The first kappa shape index (κ1) is 13.9. The molecule has 0 aliphatic heterocycles. The summed E-state index contributed by atoms with van der Waals surface area (Å²) < 4.78 is 1.85. The SMILES string of the molecule is N#Cc1ccc(CSn2cc(I)c(=O)[nH]c2=O)cc1. The second-order valence-electron chi connectivity index (χ2n) is 3.64. The average Bonchev–Trinajstić information content (AvgIpc) is 2.42. The molecule has 0 saturated heterocycles. The monoisotopic (exact) mass is 385 g/mol. The topological polar surface area (TPSA) is 78.7 Å². The van der Waals surface area contributed by atoms with Crippen LogP contribution in [0.25, 0.3) is 0 Å². The molecule has 1 heterocycles. The molecule has 7 heteroatoms. The van der Waals surface area contributed by atoms with Gasteiger partial charge >= 0.3 is 5.69 Å². The fourth-order valence-corrected chi connectivity index (χ4v) is 2.77. The third-order valence-corrected chi connectivity index (χ3v) is 4.10. The maximum atomic E-state index is 11.6. The lowest BCUT2D eigenvalue weighted by Gasteiger charge is -2.04. The molecule has 0 amide bonds. The molecule has 0 atom stereocenters. The summed E-state index contributed by atoms with van der Waals surface area (Å²) in [5.41, 5.74) is 0.784. The Morgan fingerprint density at radius 1 is 1.32 bits per heavy atom. The average molecular weight is 385 g/mol. The molecule has 2 aromatic rings. The van der Waals surface area contributed by atoms with Crippen LogP contribution in [0.4, 0.5) is 0 Å². The molecule has 2 rings (SSSR count). The lowest BCUT2D eigenvalue weighted by Crippen LogP contribution is -2.28. The number of nitriles is 1. The molecule has 0 radical (unpaired) electrons. The third-order valence-electron chi connectivity index (χ3n) is 2.32. The van der Waals surface area contributed by atoms with Crippen molar-refractivity contribution in [3.63, 3.8) is 0 Å². The highest BCUT2D eigenvalue weighted by Gasteiger charge is 2.03. The molecule has 1 N–H and O–H groups in total. The number of aromatic nitrogens is 2. The third kappa shape index (κ3) is 3.48. The molecule has 0 unspecified atom stereocenters. The van der Waals surface area contributed by atoms with Crippen LogP contribution in [0.2, 0.25) is 0 Å². The van der Waals surface area contributed by atoms with Crippen molar-refractivity contribution in [2.24, 2.45) is 0 Å². The number of aromatic amines is 1. The van der Waals surface area contributed by atoms with E-state index in [0.29, 0.717) is 14.9 Å². The number of H-pyrrole nitrogens is 1. The Morgan fingerprint density at radius 2 is 2.00 bits per heavy atom. The standard InChI is InChI=1S/C12H8IN3O2S/c13-10-6-16(12(18)15-11(10)17)19-7-9-3-1-8(5-14)2-4-9/h1-4,6H,7H2,(H,15,17,18). The number of nitrogens with zero attached hydrogens (tertiary/aromatic N) is 2. The first-order valence-corrected chi connectivity index (χ1v) is 7.26. The van der Waals surface area contributed by atoms with Crippen molar-refractivity contribution in [1.29, 1.82) is 5.26 Å². The summed E-state index contributed by atoms with van der Waals surface area (Å²) in [6, 6.07) is 9.19. The van der Waals surface area contributed by atoms with Gasteiger partial charge in [0, 0.05) is 11.9 Å². The van der Waals surface area contributed by atoms with Gasteiger partial charge in [0.05, 0.1) is 15.2 Å². The van der Waals surface area contributed by atoms with Gasteiger partial charge in [0.15, 0.2) is 0 Å². The number of hydrogen-bond acceptors (Lipinski definition) is 4. The van der Waals surface area contributed by atoms with Gasteiger partial charge in [-0.1, -0.05) is 12.1 Å². The van der Waals surface area contributed by atoms with Crippen LogP contribution in [0, 0.1) is 14.9 Å². The maximum absolute atomic E-state index is 11.6. The van der Waals surface area contributed by atoms with Crippen LogP contribution in [-0.4, -0.2) is 8.96 Å². The predicted molar refractivity (Wildman–Crippen MR) is 81.9 cm³/mol. The highest BCUT2D eigenvalue weighted by atomic mass is 127. The fourth-order valence-electron chi connectivity index (χ4n) is 1.35. The van der Waals surface area contributed by atoms with E-state index in [9.17, 15) is 9.59 Å². The summed E-state index contributed by atoms with van der Waals surface area (Å²) in [6.07, 6.45) is 1.51. The second-order valence-corrected chi connectivity index (χ2v) is 5.75. The van der Waals surface area contributed by atoms with Gasteiger partial charge in [-0.05, 0) is 52.2 Å². The van der Waals surface area contributed by atoms with Crippen LogP contribution in [0.1, 0.15) is 11.1 Å². The highest BCUT2D eigenvalue weighted by molar-refractivity contribution is 14.1. The van der Waals surface area contributed by atoms with Gasteiger partial charge < -0.3 is 0 Å². The van der Waals surface area contributed by atoms with Crippen LogP contribution >= 0.6 is 34.5 Å². The van der Waals surface area contributed by atoms with Crippen molar-refractivity contribution >= 4 is 34.5 Å². The Labute approximate surface area is 126 Å². The molecule has 5 nitrogen and oxygen atoms in total. The molecular formula is C12H8IN3O2S. The largest absolute Gasteiger partial charge is 0.338 e. The Morgan fingerprint density at radius 3 is 2.63 bits per heavy atom.